The highest BCUT2D eigenvalue weighted by Crippen LogP contribution is 2.12. The van der Waals surface area contributed by atoms with E-state index in [4.69, 9.17) is 0 Å². The monoisotopic (exact) mass is 275 g/mol. The molecule has 20 heavy (non-hydrogen) atoms. The summed E-state index contributed by atoms with van der Waals surface area (Å²) >= 11 is 0. The second-order valence-electron chi connectivity index (χ2n) is 5.04. The number of aromatic nitrogens is 1. The van der Waals surface area contributed by atoms with E-state index in [9.17, 15) is 9.59 Å². The van der Waals surface area contributed by atoms with Crippen LogP contribution < -0.4 is 5.32 Å². The Morgan fingerprint density at radius 1 is 1.20 bits per heavy atom. The molecule has 0 atom stereocenters. The van der Waals surface area contributed by atoms with Crippen LogP contribution >= 0.6 is 0 Å². The number of amides is 2. The Labute approximate surface area is 119 Å². The van der Waals surface area contributed by atoms with Crippen molar-refractivity contribution >= 4 is 11.8 Å². The maximum absolute atomic E-state index is 11.8. The fourth-order valence-electron chi connectivity index (χ4n) is 2.31. The van der Waals surface area contributed by atoms with Gasteiger partial charge in [0.25, 0.3) is 0 Å². The molecule has 0 saturated carbocycles. The number of pyridine rings is 1. The molecule has 1 aliphatic rings. The Balaban J connectivity index is 1.67. The number of likely N-dealkylation sites (tertiary alicyclic amines) is 1. The number of hydrogen-bond acceptors (Lipinski definition) is 4. The van der Waals surface area contributed by atoms with Gasteiger partial charge < -0.3 is 5.32 Å². The van der Waals surface area contributed by atoms with E-state index < -0.39 is 0 Å². The highest BCUT2D eigenvalue weighted by Gasteiger charge is 2.22. The van der Waals surface area contributed by atoms with Gasteiger partial charge in [-0.05, 0) is 37.4 Å². The van der Waals surface area contributed by atoms with Crippen LogP contribution in [0.15, 0.2) is 24.5 Å². The van der Waals surface area contributed by atoms with Crippen molar-refractivity contribution in [2.24, 2.45) is 0 Å². The standard InChI is InChI=1S/C15H21N3O2/c19-14-6-1-2-7-15(20)18(14)10-4-9-17-12-13-5-3-8-16-11-13/h3,5,8,11,17H,1-2,4,6-7,9-10,12H2. The summed E-state index contributed by atoms with van der Waals surface area (Å²) in [5, 5.41) is 3.30. The Bertz CT molecular complexity index is 430. The van der Waals surface area contributed by atoms with Crippen LogP contribution in [-0.4, -0.2) is 34.8 Å². The van der Waals surface area contributed by atoms with Gasteiger partial charge in [-0.3, -0.25) is 19.5 Å². The zero-order valence-corrected chi connectivity index (χ0v) is 11.7. The predicted molar refractivity (Wildman–Crippen MR) is 75.7 cm³/mol. The first-order valence-corrected chi connectivity index (χ1v) is 7.20. The largest absolute Gasteiger partial charge is 0.313 e. The van der Waals surface area contributed by atoms with Crippen LogP contribution in [0.4, 0.5) is 0 Å². The molecule has 108 valence electrons. The SMILES string of the molecule is O=C1CCCCC(=O)N1CCCNCc1cccnc1. The Morgan fingerprint density at radius 2 is 1.95 bits per heavy atom. The van der Waals surface area contributed by atoms with Crippen molar-refractivity contribution in [1.82, 2.24) is 15.2 Å². The molecule has 0 aliphatic carbocycles. The average molecular weight is 275 g/mol. The summed E-state index contributed by atoms with van der Waals surface area (Å²) in [5.74, 6) is -0.0282. The van der Waals surface area contributed by atoms with E-state index >= 15 is 0 Å². The van der Waals surface area contributed by atoms with E-state index in [1.807, 2.05) is 18.3 Å². The van der Waals surface area contributed by atoms with E-state index in [-0.39, 0.29) is 11.8 Å². The fourth-order valence-corrected chi connectivity index (χ4v) is 2.31. The maximum Gasteiger partial charge on any atom is 0.229 e. The number of nitrogens with zero attached hydrogens (tertiary/aromatic N) is 2. The van der Waals surface area contributed by atoms with Crippen molar-refractivity contribution in [3.63, 3.8) is 0 Å². The molecular weight excluding hydrogens is 254 g/mol. The number of imide groups is 1. The van der Waals surface area contributed by atoms with E-state index in [2.05, 4.69) is 10.3 Å². The van der Waals surface area contributed by atoms with Gasteiger partial charge in [-0.25, -0.2) is 0 Å². The second-order valence-corrected chi connectivity index (χ2v) is 5.04. The highest BCUT2D eigenvalue weighted by molar-refractivity contribution is 5.95. The van der Waals surface area contributed by atoms with Crippen LogP contribution in [0.2, 0.25) is 0 Å². The molecule has 1 aliphatic heterocycles. The van der Waals surface area contributed by atoms with Crippen LogP contribution in [0.1, 0.15) is 37.7 Å². The molecule has 2 amide bonds. The van der Waals surface area contributed by atoms with Gasteiger partial charge in [0, 0.05) is 38.3 Å². The van der Waals surface area contributed by atoms with Crippen LogP contribution in [0.3, 0.4) is 0 Å². The second kappa shape index (κ2) is 7.75. The van der Waals surface area contributed by atoms with Crippen LogP contribution in [-0.2, 0) is 16.1 Å². The first-order valence-electron chi connectivity index (χ1n) is 7.20. The van der Waals surface area contributed by atoms with Gasteiger partial charge in [0.05, 0.1) is 0 Å². The molecule has 0 radical (unpaired) electrons. The van der Waals surface area contributed by atoms with Crippen molar-refractivity contribution in [3.05, 3.63) is 30.1 Å². The molecular formula is C15H21N3O2. The molecule has 1 aromatic rings. The predicted octanol–water partition coefficient (Wildman–Crippen LogP) is 1.49. The summed E-state index contributed by atoms with van der Waals surface area (Å²) < 4.78 is 0. The minimum atomic E-state index is -0.0141. The zero-order valence-electron chi connectivity index (χ0n) is 11.7. The third-order valence-electron chi connectivity index (χ3n) is 3.42. The minimum absolute atomic E-state index is 0.0141. The number of nitrogens with one attached hydrogen (secondary N) is 1. The Morgan fingerprint density at radius 3 is 2.60 bits per heavy atom. The summed E-state index contributed by atoms with van der Waals surface area (Å²) in [7, 11) is 0. The zero-order chi connectivity index (χ0) is 14.2. The third-order valence-corrected chi connectivity index (χ3v) is 3.42. The van der Waals surface area contributed by atoms with E-state index in [1.54, 1.807) is 6.20 Å². The van der Waals surface area contributed by atoms with Crippen molar-refractivity contribution in [3.8, 4) is 0 Å². The number of rotatable bonds is 6. The summed E-state index contributed by atoms with van der Waals surface area (Å²) in [5.41, 5.74) is 1.13. The van der Waals surface area contributed by atoms with Crippen LogP contribution in [0.5, 0.6) is 0 Å². The molecule has 2 heterocycles. The molecule has 1 fully saturated rings. The highest BCUT2D eigenvalue weighted by atomic mass is 16.2. The average Bonchev–Trinajstić information content (AvgIpc) is 2.62. The molecule has 0 bridgehead atoms. The topological polar surface area (TPSA) is 62.3 Å². The summed E-state index contributed by atoms with van der Waals surface area (Å²) in [6.45, 7) is 2.07. The van der Waals surface area contributed by atoms with Gasteiger partial charge in [0.2, 0.25) is 11.8 Å². The fraction of sp³-hybridized carbons (Fsp3) is 0.533. The van der Waals surface area contributed by atoms with E-state index in [0.717, 1.165) is 37.9 Å². The van der Waals surface area contributed by atoms with Gasteiger partial charge >= 0.3 is 0 Å². The van der Waals surface area contributed by atoms with Crippen molar-refractivity contribution < 1.29 is 9.59 Å². The molecule has 2 rings (SSSR count). The molecule has 1 saturated heterocycles. The summed E-state index contributed by atoms with van der Waals surface area (Å²) in [6.07, 6.45) is 7.05. The van der Waals surface area contributed by atoms with Gasteiger partial charge in [-0.1, -0.05) is 6.07 Å². The molecule has 0 unspecified atom stereocenters. The minimum Gasteiger partial charge on any atom is -0.313 e. The third kappa shape index (κ3) is 4.42. The van der Waals surface area contributed by atoms with Gasteiger partial charge in [0.1, 0.15) is 0 Å². The molecule has 1 aromatic heterocycles. The van der Waals surface area contributed by atoms with Gasteiger partial charge in [0.15, 0.2) is 0 Å². The molecule has 5 heteroatoms. The lowest BCUT2D eigenvalue weighted by atomic mass is 10.2. The lowest BCUT2D eigenvalue weighted by molar-refractivity contribution is -0.143. The molecule has 0 aromatic carbocycles. The Hall–Kier alpha value is -1.75. The van der Waals surface area contributed by atoms with Crippen molar-refractivity contribution in [1.29, 1.82) is 0 Å². The van der Waals surface area contributed by atoms with E-state index in [1.165, 1.54) is 4.90 Å². The van der Waals surface area contributed by atoms with Gasteiger partial charge in [-0.2, -0.15) is 0 Å². The van der Waals surface area contributed by atoms with Gasteiger partial charge in [-0.15, -0.1) is 0 Å². The number of carbonyl (C=O) groups is 2. The van der Waals surface area contributed by atoms with Crippen LogP contribution in [0, 0.1) is 0 Å². The molecule has 1 N–H and O–H groups in total. The van der Waals surface area contributed by atoms with Crippen molar-refractivity contribution in [2.75, 3.05) is 13.1 Å². The Kier molecular flexibility index (Phi) is 5.68. The van der Waals surface area contributed by atoms with Crippen molar-refractivity contribution in [2.45, 2.75) is 38.6 Å². The summed E-state index contributed by atoms with van der Waals surface area (Å²) in [6, 6.07) is 3.92. The molecule has 5 nitrogen and oxygen atoms in total. The number of hydrogen-bond donors (Lipinski definition) is 1. The number of carbonyl (C=O) groups excluding carboxylic acids is 2. The normalized spacial score (nSPS) is 16.3. The van der Waals surface area contributed by atoms with Crippen LogP contribution in [0.25, 0.3) is 0 Å². The van der Waals surface area contributed by atoms with E-state index in [0.29, 0.717) is 19.4 Å². The smallest absolute Gasteiger partial charge is 0.229 e. The lowest BCUT2D eigenvalue weighted by Gasteiger charge is -2.18. The molecule has 0 spiro atoms. The first kappa shape index (κ1) is 14.7. The lowest BCUT2D eigenvalue weighted by Crippen LogP contribution is -2.37. The first-order chi connectivity index (χ1) is 9.77. The summed E-state index contributed by atoms with van der Waals surface area (Å²) in [4.78, 5) is 29.1. The quantitative estimate of drug-likeness (QED) is 0.631. The maximum atomic E-state index is 11.8.